The second-order valence-electron chi connectivity index (χ2n) is 1.09. The van der Waals surface area contributed by atoms with Crippen LogP contribution in [0.3, 0.4) is 0 Å². The van der Waals surface area contributed by atoms with Gasteiger partial charge in [-0.05, 0) is 15.9 Å². The zero-order valence-electron chi connectivity index (χ0n) is 4.33. The highest BCUT2D eigenvalue weighted by atomic mass is 79.9. The van der Waals surface area contributed by atoms with E-state index in [1.54, 1.807) is 7.05 Å². The molecular formula is C4H6BrFN2. The number of hydrogen-bond donors (Lipinski definition) is 2. The molecule has 2 nitrogen and oxygen atoms in total. The van der Waals surface area contributed by atoms with Crippen LogP contribution in [-0.4, -0.2) is 13.0 Å². The Morgan fingerprint density at radius 1 is 1.88 bits per heavy atom. The lowest BCUT2D eigenvalue weighted by atomic mass is 10.6. The SMILES string of the molecule is CN/C=C(/Br)C(=N)F. The summed E-state index contributed by atoms with van der Waals surface area (Å²) in [7, 11) is 1.63. The first-order valence-electron chi connectivity index (χ1n) is 1.96. The third kappa shape index (κ3) is 2.74. The molecule has 0 aromatic carbocycles. The molecule has 0 aliphatic heterocycles. The molecule has 4 heteroatoms. The van der Waals surface area contributed by atoms with E-state index < -0.39 is 5.97 Å². The quantitative estimate of drug-likeness (QED) is 0.620. The van der Waals surface area contributed by atoms with E-state index in [-0.39, 0.29) is 4.48 Å². The number of allylic oxidation sites excluding steroid dienone is 1. The summed E-state index contributed by atoms with van der Waals surface area (Å²) in [5, 5.41) is 8.94. The van der Waals surface area contributed by atoms with Crippen molar-refractivity contribution in [3.8, 4) is 0 Å². The Balaban J connectivity index is 3.80. The second kappa shape index (κ2) is 3.60. The molecule has 0 unspecified atom stereocenters. The van der Waals surface area contributed by atoms with Gasteiger partial charge in [-0.3, -0.25) is 5.41 Å². The summed E-state index contributed by atoms with van der Waals surface area (Å²) in [4.78, 5) is 0. The maximum absolute atomic E-state index is 11.7. The van der Waals surface area contributed by atoms with Gasteiger partial charge in [0.25, 0.3) is 0 Å². The summed E-state index contributed by atoms with van der Waals surface area (Å²) < 4.78 is 11.8. The summed E-state index contributed by atoms with van der Waals surface area (Å²) in [5.41, 5.74) is 0. The van der Waals surface area contributed by atoms with Crippen molar-refractivity contribution in [3.63, 3.8) is 0 Å². The topological polar surface area (TPSA) is 35.9 Å². The zero-order chi connectivity index (χ0) is 6.57. The number of nitrogens with one attached hydrogen (secondary N) is 2. The van der Waals surface area contributed by atoms with E-state index in [0.29, 0.717) is 0 Å². The van der Waals surface area contributed by atoms with E-state index >= 15 is 0 Å². The summed E-state index contributed by atoms with van der Waals surface area (Å²) in [6.07, 6.45) is 1.35. The Bertz CT molecular complexity index is 121. The maximum Gasteiger partial charge on any atom is 0.221 e. The summed E-state index contributed by atoms with van der Waals surface area (Å²) in [6.45, 7) is 0. The fraction of sp³-hybridized carbons (Fsp3) is 0.250. The number of hydrogen-bond acceptors (Lipinski definition) is 2. The van der Waals surface area contributed by atoms with E-state index in [0.717, 1.165) is 0 Å². The van der Waals surface area contributed by atoms with Gasteiger partial charge in [0, 0.05) is 13.2 Å². The van der Waals surface area contributed by atoms with E-state index in [1.807, 2.05) is 0 Å². The summed E-state index contributed by atoms with van der Waals surface area (Å²) in [6, 6.07) is 0. The lowest BCUT2D eigenvalue weighted by Gasteiger charge is -1.88. The van der Waals surface area contributed by atoms with Crippen LogP contribution in [-0.2, 0) is 0 Å². The van der Waals surface area contributed by atoms with Crippen LogP contribution in [0.15, 0.2) is 10.7 Å². The van der Waals surface area contributed by atoms with Crippen LogP contribution >= 0.6 is 15.9 Å². The molecule has 0 amide bonds. The molecule has 0 aliphatic rings. The largest absolute Gasteiger partial charge is 0.393 e. The molecule has 0 rings (SSSR count). The molecule has 0 spiro atoms. The minimum atomic E-state index is -0.973. The molecular weight excluding hydrogens is 175 g/mol. The number of rotatable bonds is 2. The van der Waals surface area contributed by atoms with E-state index in [2.05, 4.69) is 21.2 Å². The first kappa shape index (κ1) is 7.62. The van der Waals surface area contributed by atoms with Gasteiger partial charge in [-0.2, -0.15) is 4.39 Å². The van der Waals surface area contributed by atoms with Crippen molar-refractivity contribution >= 4 is 21.9 Å². The second-order valence-corrected chi connectivity index (χ2v) is 1.95. The summed E-state index contributed by atoms with van der Waals surface area (Å²) in [5.74, 6) is -0.973. The Morgan fingerprint density at radius 3 is 2.50 bits per heavy atom. The van der Waals surface area contributed by atoms with Gasteiger partial charge in [-0.25, -0.2) is 0 Å². The maximum atomic E-state index is 11.7. The number of halogens is 2. The van der Waals surface area contributed by atoms with Gasteiger partial charge >= 0.3 is 0 Å². The van der Waals surface area contributed by atoms with Crippen LogP contribution in [0.2, 0.25) is 0 Å². The highest BCUT2D eigenvalue weighted by Crippen LogP contribution is 2.04. The van der Waals surface area contributed by atoms with Crippen molar-refractivity contribution in [2.45, 2.75) is 0 Å². The van der Waals surface area contributed by atoms with Crippen molar-refractivity contribution in [2.24, 2.45) is 0 Å². The third-order valence-corrected chi connectivity index (χ3v) is 1.06. The molecule has 0 aromatic rings. The Labute approximate surface area is 55.4 Å². The Hall–Kier alpha value is -0.380. The van der Waals surface area contributed by atoms with Gasteiger partial charge in [0.1, 0.15) is 0 Å². The van der Waals surface area contributed by atoms with Crippen molar-refractivity contribution in [1.29, 1.82) is 5.41 Å². The average Bonchev–Trinajstić information content (AvgIpc) is 1.67. The molecule has 0 fully saturated rings. The van der Waals surface area contributed by atoms with Gasteiger partial charge in [0.15, 0.2) is 0 Å². The first-order valence-corrected chi connectivity index (χ1v) is 2.75. The van der Waals surface area contributed by atoms with E-state index in [9.17, 15) is 4.39 Å². The molecule has 2 N–H and O–H groups in total. The monoisotopic (exact) mass is 180 g/mol. The van der Waals surface area contributed by atoms with Crippen LogP contribution in [0.25, 0.3) is 0 Å². The minimum Gasteiger partial charge on any atom is -0.393 e. The fourth-order valence-electron chi connectivity index (χ4n) is 0.190. The molecule has 8 heavy (non-hydrogen) atoms. The van der Waals surface area contributed by atoms with E-state index in [1.165, 1.54) is 6.20 Å². The van der Waals surface area contributed by atoms with Crippen LogP contribution in [0, 0.1) is 5.41 Å². The standard InChI is InChI=1S/C4H6BrFN2/c1-8-2-3(5)4(6)7/h2,7-8H,1H3/b3-2+,7-4?. The van der Waals surface area contributed by atoms with Gasteiger partial charge < -0.3 is 5.32 Å². The Kier molecular flexibility index (Phi) is 3.43. The molecule has 0 saturated heterocycles. The third-order valence-electron chi connectivity index (χ3n) is 0.481. The van der Waals surface area contributed by atoms with Crippen LogP contribution in [0.1, 0.15) is 0 Å². The molecule has 0 radical (unpaired) electrons. The van der Waals surface area contributed by atoms with Gasteiger partial charge in [0.05, 0.1) is 4.48 Å². The molecule has 0 aromatic heterocycles. The predicted molar refractivity (Wildman–Crippen MR) is 34.9 cm³/mol. The molecule has 0 saturated carbocycles. The average molecular weight is 181 g/mol. The lowest BCUT2D eigenvalue weighted by molar-refractivity contribution is 0.800. The normalized spacial score (nSPS) is 11.1. The van der Waals surface area contributed by atoms with Gasteiger partial charge in [0.2, 0.25) is 5.97 Å². The van der Waals surface area contributed by atoms with Crippen LogP contribution in [0.4, 0.5) is 4.39 Å². The van der Waals surface area contributed by atoms with Crippen molar-refractivity contribution in [3.05, 3.63) is 10.7 Å². The zero-order valence-corrected chi connectivity index (χ0v) is 5.92. The molecule has 46 valence electrons. The summed E-state index contributed by atoms with van der Waals surface area (Å²) >= 11 is 2.80. The van der Waals surface area contributed by atoms with Crippen LogP contribution in [0.5, 0.6) is 0 Å². The fourth-order valence-corrected chi connectivity index (χ4v) is 0.419. The van der Waals surface area contributed by atoms with Crippen molar-refractivity contribution in [1.82, 2.24) is 5.32 Å². The predicted octanol–water partition coefficient (Wildman–Crippen LogP) is 1.39. The van der Waals surface area contributed by atoms with E-state index in [4.69, 9.17) is 5.41 Å². The first-order chi connectivity index (χ1) is 3.68. The van der Waals surface area contributed by atoms with Crippen molar-refractivity contribution < 1.29 is 4.39 Å². The van der Waals surface area contributed by atoms with Gasteiger partial charge in [-0.1, -0.05) is 0 Å². The highest BCUT2D eigenvalue weighted by Gasteiger charge is 1.94. The highest BCUT2D eigenvalue weighted by molar-refractivity contribution is 9.12. The van der Waals surface area contributed by atoms with Crippen LogP contribution < -0.4 is 5.32 Å². The smallest absolute Gasteiger partial charge is 0.221 e. The Morgan fingerprint density at radius 2 is 2.38 bits per heavy atom. The van der Waals surface area contributed by atoms with Crippen molar-refractivity contribution in [2.75, 3.05) is 7.05 Å². The lowest BCUT2D eigenvalue weighted by Crippen LogP contribution is -1.96. The minimum absolute atomic E-state index is 0.125. The molecule has 0 heterocycles. The molecule has 0 atom stereocenters. The molecule has 0 bridgehead atoms. The molecule has 0 aliphatic carbocycles. The van der Waals surface area contributed by atoms with Gasteiger partial charge in [-0.15, -0.1) is 0 Å².